The Morgan fingerprint density at radius 3 is 2.71 bits per heavy atom. The number of hydrogen-bond acceptors (Lipinski definition) is 1. The fourth-order valence-electron chi connectivity index (χ4n) is 2.28. The molecule has 0 saturated heterocycles. The predicted molar refractivity (Wildman–Crippen MR) is 80.7 cm³/mol. The highest BCUT2D eigenvalue weighted by molar-refractivity contribution is 5.97. The highest BCUT2D eigenvalue weighted by Crippen LogP contribution is 2.16. The van der Waals surface area contributed by atoms with Gasteiger partial charge < -0.3 is 10.3 Å². The van der Waals surface area contributed by atoms with Gasteiger partial charge >= 0.3 is 0 Å². The van der Waals surface area contributed by atoms with Gasteiger partial charge in [0.25, 0.3) is 5.91 Å². The molecule has 3 aromatic rings. The van der Waals surface area contributed by atoms with Gasteiger partial charge in [0.05, 0.1) is 0 Å². The van der Waals surface area contributed by atoms with Crippen molar-refractivity contribution in [2.45, 2.75) is 6.42 Å². The Hall–Kier alpha value is -2.62. The Morgan fingerprint density at radius 2 is 1.90 bits per heavy atom. The van der Waals surface area contributed by atoms with Gasteiger partial charge in [-0.3, -0.25) is 4.79 Å². The van der Waals surface area contributed by atoms with Gasteiger partial charge in [-0.25, -0.2) is 4.39 Å². The van der Waals surface area contributed by atoms with Gasteiger partial charge in [0, 0.05) is 17.4 Å². The lowest BCUT2D eigenvalue weighted by Crippen LogP contribution is -2.25. The van der Waals surface area contributed by atoms with E-state index < -0.39 is 0 Å². The first-order valence-electron chi connectivity index (χ1n) is 6.83. The molecule has 0 atom stereocenters. The lowest BCUT2D eigenvalue weighted by atomic mass is 10.1. The van der Waals surface area contributed by atoms with Crippen molar-refractivity contribution >= 4 is 16.8 Å². The Labute approximate surface area is 121 Å². The van der Waals surface area contributed by atoms with Gasteiger partial charge in [0.2, 0.25) is 0 Å². The third kappa shape index (κ3) is 3.11. The van der Waals surface area contributed by atoms with Crippen molar-refractivity contribution in [3.8, 4) is 0 Å². The average Bonchev–Trinajstić information content (AvgIpc) is 2.91. The van der Waals surface area contributed by atoms with Crippen LogP contribution < -0.4 is 5.32 Å². The van der Waals surface area contributed by atoms with Crippen LogP contribution in [-0.4, -0.2) is 17.4 Å². The number of rotatable bonds is 4. The zero-order valence-corrected chi connectivity index (χ0v) is 11.4. The summed E-state index contributed by atoms with van der Waals surface area (Å²) in [6, 6.07) is 16.1. The average molecular weight is 282 g/mol. The summed E-state index contributed by atoms with van der Waals surface area (Å²) in [4.78, 5) is 15.0. The number of amides is 1. The summed E-state index contributed by atoms with van der Waals surface area (Å²) in [6.45, 7) is 0.562. The van der Waals surface area contributed by atoms with Crippen LogP contribution in [0.5, 0.6) is 0 Å². The van der Waals surface area contributed by atoms with Crippen molar-refractivity contribution in [3.63, 3.8) is 0 Å². The molecule has 2 N–H and O–H groups in total. The highest BCUT2D eigenvalue weighted by Gasteiger charge is 2.09. The summed E-state index contributed by atoms with van der Waals surface area (Å²) >= 11 is 0. The van der Waals surface area contributed by atoms with E-state index in [0.717, 1.165) is 11.8 Å². The van der Waals surface area contributed by atoms with Crippen molar-refractivity contribution in [3.05, 3.63) is 71.7 Å². The fraction of sp³-hybridized carbons (Fsp3) is 0.118. The van der Waals surface area contributed by atoms with E-state index >= 15 is 0 Å². The van der Waals surface area contributed by atoms with Gasteiger partial charge in [-0.1, -0.05) is 30.3 Å². The normalized spacial score (nSPS) is 10.7. The Bertz CT molecular complexity index is 765. The van der Waals surface area contributed by atoms with E-state index in [-0.39, 0.29) is 11.7 Å². The molecule has 0 saturated carbocycles. The molecule has 3 nitrogen and oxygen atoms in total. The molecule has 0 fully saturated rings. The highest BCUT2D eigenvalue weighted by atomic mass is 19.1. The quantitative estimate of drug-likeness (QED) is 0.758. The van der Waals surface area contributed by atoms with E-state index in [2.05, 4.69) is 10.3 Å². The second kappa shape index (κ2) is 5.79. The van der Waals surface area contributed by atoms with Crippen molar-refractivity contribution in [2.75, 3.05) is 6.54 Å². The molecule has 1 amide bonds. The van der Waals surface area contributed by atoms with Gasteiger partial charge in [0.15, 0.2) is 0 Å². The summed E-state index contributed by atoms with van der Waals surface area (Å²) in [6.07, 6.45) is 0.779. The third-order valence-corrected chi connectivity index (χ3v) is 3.37. The molecule has 0 unspecified atom stereocenters. The van der Waals surface area contributed by atoms with Crippen LogP contribution in [0.2, 0.25) is 0 Å². The number of halogens is 1. The number of fused-ring (bicyclic) bond motifs is 1. The molecule has 0 aliphatic rings. The second-order valence-corrected chi connectivity index (χ2v) is 4.91. The van der Waals surface area contributed by atoms with E-state index in [1.165, 1.54) is 17.7 Å². The molecular formula is C17H15FN2O. The van der Waals surface area contributed by atoms with E-state index in [9.17, 15) is 9.18 Å². The number of nitrogens with one attached hydrogen (secondary N) is 2. The molecule has 1 aromatic heterocycles. The molecule has 0 bridgehead atoms. The molecule has 21 heavy (non-hydrogen) atoms. The third-order valence-electron chi connectivity index (χ3n) is 3.37. The first kappa shape index (κ1) is 13.4. The number of carbonyl (C=O) groups is 1. The fourth-order valence-corrected chi connectivity index (χ4v) is 2.28. The molecule has 0 spiro atoms. The largest absolute Gasteiger partial charge is 0.350 e. The maximum Gasteiger partial charge on any atom is 0.267 e. The van der Waals surface area contributed by atoms with Crippen LogP contribution in [0, 0.1) is 5.82 Å². The van der Waals surface area contributed by atoms with E-state index in [4.69, 9.17) is 0 Å². The van der Waals surface area contributed by atoms with E-state index in [0.29, 0.717) is 17.8 Å². The second-order valence-electron chi connectivity index (χ2n) is 4.91. The van der Waals surface area contributed by atoms with Gasteiger partial charge in [0.1, 0.15) is 11.5 Å². The molecule has 4 heteroatoms. The summed E-state index contributed by atoms with van der Waals surface area (Å²) in [5.74, 6) is -0.497. The molecule has 3 rings (SSSR count). The molecule has 0 aliphatic carbocycles. The number of carbonyl (C=O) groups excluding carboxylic acids is 1. The standard InChI is InChI=1S/C17H15FN2O/c18-14-7-6-13-10-16(20-15(13)11-14)17(21)19-9-8-12-4-2-1-3-5-12/h1-7,10-11,20H,8-9H2,(H,19,21). The number of benzene rings is 2. The van der Waals surface area contributed by atoms with Crippen LogP contribution >= 0.6 is 0 Å². The Morgan fingerprint density at radius 1 is 1.10 bits per heavy atom. The van der Waals surface area contributed by atoms with Gasteiger partial charge in [-0.2, -0.15) is 0 Å². The first-order valence-corrected chi connectivity index (χ1v) is 6.83. The molecular weight excluding hydrogens is 267 g/mol. The van der Waals surface area contributed by atoms with Crippen molar-refractivity contribution in [1.29, 1.82) is 0 Å². The number of aromatic nitrogens is 1. The SMILES string of the molecule is O=C(NCCc1ccccc1)c1cc2ccc(F)cc2[nH]1. The van der Waals surface area contributed by atoms with E-state index in [1.807, 2.05) is 30.3 Å². The van der Waals surface area contributed by atoms with E-state index in [1.54, 1.807) is 12.1 Å². The number of aromatic amines is 1. The maximum atomic E-state index is 13.1. The van der Waals surface area contributed by atoms with Crippen molar-refractivity contribution in [2.24, 2.45) is 0 Å². The molecule has 0 aliphatic heterocycles. The van der Waals surface area contributed by atoms with Gasteiger partial charge in [-0.15, -0.1) is 0 Å². The summed E-state index contributed by atoms with van der Waals surface area (Å²) in [5, 5.41) is 3.68. The zero-order valence-electron chi connectivity index (χ0n) is 11.4. The van der Waals surface area contributed by atoms with Crippen LogP contribution in [0.3, 0.4) is 0 Å². The van der Waals surface area contributed by atoms with Crippen LogP contribution in [0.25, 0.3) is 10.9 Å². The lowest BCUT2D eigenvalue weighted by Gasteiger charge is -2.03. The van der Waals surface area contributed by atoms with Crippen LogP contribution in [0.1, 0.15) is 16.1 Å². The Balaban J connectivity index is 1.64. The maximum absolute atomic E-state index is 13.1. The minimum absolute atomic E-state index is 0.178. The minimum atomic E-state index is -0.319. The zero-order chi connectivity index (χ0) is 14.7. The lowest BCUT2D eigenvalue weighted by molar-refractivity contribution is 0.0950. The van der Waals surface area contributed by atoms with Crippen LogP contribution in [0.4, 0.5) is 4.39 Å². The minimum Gasteiger partial charge on any atom is -0.350 e. The molecule has 1 heterocycles. The van der Waals surface area contributed by atoms with Crippen LogP contribution in [0.15, 0.2) is 54.6 Å². The topological polar surface area (TPSA) is 44.9 Å². The smallest absolute Gasteiger partial charge is 0.267 e. The van der Waals surface area contributed by atoms with Gasteiger partial charge in [-0.05, 0) is 36.2 Å². The molecule has 0 radical (unpaired) electrons. The van der Waals surface area contributed by atoms with Crippen LogP contribution in [-0.2, 0) is 6.42 Å². The van der Waals surface area contributed by atoms with Crippen molar-refractivity contribution < 1.29 is 9.18 Å². The number of H-pyrrole nitrogens is 1. The predicted octanol–water partition coefficient (Wildman–Crippen LogP) is 3.28. The summed E-state index contributed by atoms with van der Waals surface area (Å²) in [5.41, 5.74) is 2.25. The Kier molecular flexibility index (Phi) is 3.69. The summed E-state index contributed by atoms with van der Waals surface area (Å²) < 4.78 is 13.1. The first-order chi connectivity index (χ1) is 10.2. The van der Waals surface area contributed by atoms with Crippen molar-refractivity contribution in [1.82, 2.24) is 10.3 Å². The molecule has 106 valence electrons. The molecule has 2 aromatic carbocycles. The monoisotopic (exact) mass is 282 g/mol. The number of hydrogen-bond donors (Lipinski definition) is 2. The summed E-state index contributed by atoms with van der Waals surface area (Å²) in [7, 11) is 0.